The first-order chi connectivity index (χ1) is 15.5. The van der Waals surface area contributed by atoms with E-state index >= 15 is 0 Å². The standard InChI is InChI=1S/C25H24N4O2S/c1-16-11-12-17(2)18(13-16)15-29-22-10-5-4-9-21(22)23(24(29)30)27-28-25(32)26-19-7-6-8-20(14-19)31-3/h4-14,30H,15H2,1-3H3,(H,26,32). The minimum atomic E-state index is 0.0556. The summed E-state index contributed by atoms with van der Waals surface area (Å²) in [5, 5.41) is 23.5. The number of nitrogens with one attached hydrogen (secondary N) is 1. The Morgan fingerprint density at radius 3 is 2.69 bits per heavy atom. The third kappa shape index (κ3) is 4.48. The molecular weight excluding hydrogens is 420 g/mol. The van der Waals surface area contributed by atoms with Gasteiger partial charge in [0, 0.05) is 17.1 Å². The van der Waals surface area contributed by atoms with E-state index < -0.39 is 0 Å². The van der Waals surface area contributed by atoms with Gasteiger partial charge in [-0.25, -0.2) is 0 Å². The lowest BCUT2D eigenvalue weighted by Crippen LogP contribution is -2.04. The molecule has 32 heavy (non-hydrogen) atoms. The van der Waals surface area contributed by atoms with Gasteiger partial charge >= 0.3 is 0 Å². The molecule has 4 aromatic rings. The number of anilines is 1. The molecule has 162 valence electrons. The quantitative estimate of drug-likeness (QED) is 0.272. The molecule has 6 nitrogen and oxygen atoms in total. The molecule has 0 aliphatic rings. The van der Waals surface area contributed by atoms with Crippen molar-refractivity contribution in [2.45, 2.75) is 20.4 Å². The summed E-state index contributed by atoms with van der Waals surface area (Å²) in [7, 11) is 1.61. The van der Waals surface area contributed by atoms with Crippen LogP contribution in [0.3, 0.4) is 0 Å². The highest BCUT2D eigenvalue weighted by Gasteiger charge is 2.17. The largest absolute Gasteiger partial charge is 0.497 e. The second-order valence-electron chi connectivity index (χ2n) is 7.57. The normalized spacial score (nSPS) is 11.2. The summed E-state index contributed by atoms with van der Waals surface area (Å²) < 4.78 is 7.07. The van der Waals surface area contributed by atoms with Crippen LogP contribution >= 0.6 is 12.2 Å². The first kappa shape index (κ1) is 21.5. The number of nitrogens with zero attached hydrogens (tertiary/aromatic N) is 3. The zero-order valence-corrected chi connectivity index (χ0v) is 19.0. The van der Waals surface area contributed by atoms with Crippen molar-refractivity contribution in [2.75, 3.05) is 12.4 Å². The summed E-state index contributed by atoms with van der Waals surface area (Å²) in [5.74, 6) is 0.766. The molecule has 0 radical (unpaired) electrons. The number of aromatic nitrogens is 1. The van der Waals surface area contributed by atoms with Crippen LogP contribution in [0.25, 0.3) is 10.9 Å². The van der Waals surface area contributed by atoms with Gasteiger partial charge in [-0.15, -0.1) is 10.2 Å². The molecule has 0 unspecified atom stereocenters. The molecule has 1 heterocycles. The number of rotatable bonds is 5. The fourth-order valence-electron chi connectivity index (χ4n) is 3.62. The number of aryl methyl sites for hydroxylation is 2. The molecule has 0 saturated carbocycles. The number of methoxy groups -OCH3 is 1. The number of hydrogen-bond donors (Lipinski definition) is 2. The molecule has 0 spiro atoms. The summed E-state index contributed by atoms with van der Waals surface area (Å²) in [6.07, 6.45) is 0. The van der Waals surface area contributed by atoms with Crippen molar-refractivity contribution in [3.63, 3.8) is 0 Å². The Morgan fingerprint density at radius 1 is 1.06 bits per heavy atom. The summed E-state index contributed by atoms with van der Waals surface area (Å²) >= 11 is 5.32. The summed E-state index contributed by atoms with van der Waals surface area (Å²) in [5.41, 5.74) is 5.50. The van der Waals surface area contributed by atoms with Crippen molar-refractivity contribution >= 4 is 39.6 Å². The van der Waals surface area contributed by atoms with Crippen LogP contribution in [0.15, 0.2) is 77.0 Å². The molecule has 7 heteroatoms. The molecule has 0 bridgehead atoms. The highest BCUT2D eigenvalue weighted by Crippen LogP contribution is 2.39. The van der Waals surface area contributed by atoms with Crippen molar-refractivity contribution in [3.8, 4) is 11.6 Å². The van der Waals surface area contributed by atoms with Crippen LogP contribution in [-0.4, -0.2) is 21.9 Å². The Labute approximate surface area is 192 Å². The lowest BCUT2D eigenvalue weighted by Gasteiger charge is -2.11. The van der Waals surface area contributed by atoms with Gasteiger partial charge in [0.2, 0.25) is 11.0 Å². The van der Waals surface area contributed by atoms with Gasteiger partial charge in [0.1, 0.15) is 5.75 Å². The Morgan fingerprint density at radius 2 is 1.88 bits per heavy atom. The van der Waals surface area contributed by atoms with Gasteiger partial charge in [-0.05, 0) is 55.4 Å². The number of thiocarbonyl (C=S) groups is 1. The second-order valence-corrected chi connectivity index (χ2v) is 7.95. The number of fused-ring (bicyclic) bond motifs is 1. The van der Waals surface area contributed by atoms with Gasteiger partial charge < -0.3 is 19.7 Å². The maximum absolute atomic E-state index is 11.0. The molecule has 0 saturated heterocycles. The first-order valence-corrected chi connectivity index (χ1v) is 10.6. The molecule has 0 aliphatic carbocycles. The summed E-state index contributed by atoms with van der Waals surface area (Å²) in [6.45, 7) is 4.66. The van der Waals surface area contributed by atoms with Crippen LogP contribution in [0, 0.1) is 13.8 Å². The highest BCUT2D eigenvalue weighted by molar-refractivity contribution is 7.80. The molecule has 0 amide bonds. The third-order valence-corrected chi connectivity index (χ3v) is 5.50. The van der Waals surface area contributed by atoms with Crippen LogP contribution in [0.2, 0.25) is 0 Å². The summed E-state index contributed by atoms with van der Waals surface area (Å²) in [6, 6.07) is 21.4. The van der Waals surface area contributed by atoms with E-state index in [0.29, 0.717) is 18.0 Å². The topological polar surface area (TPSA) is 71.1 Å². The molecule has 3 aromatic carbocycles. The van der Waals surface area contributed by atoms with Crippen molar-refractivity contribution in [1.82, 2.24) is 4.57 Å². The Bertz CT molecular complexity index is 1330. The van der Waals surface area contributed by atoms with E-state index in [2.05, 4.69) is 47.6 Å². The molecule has 0 aliphatic heterocycles. The van der Waals surface area contributed by atoms with E-state index in [-0.39, 0.29) is 11.0 Å². The predicted octanol–water partition coefficient (Wildman–Crippen LogP) is 6.50. The van der Waals surface area contributed by atoms with E-state index in [4.69, 9.17) is 17.0 Å². The molecule has 4 rings (SSSR count). The maximum atomic E-state index is 11.0. The molecule has 2 N–H and O–H groups in total. The van der Waals surface area contributed by atoms with E-state index in [1.807, 2.05) is 53.1 Å². The maximum Gasteiger partial charge on any atom is 0.221 e. The zero-order chi connectivity index (χ0) is 22.7. The minimum Gasteiger partial charge on any atom is -0.497 e. The average Bonchev–Trinajstić information content (AvgIpc) is 3.06. The zero-order valence-electron chi connectivity index (χ0n) is 18.2. The lowest BCUT2D eigenvalue weighted by molar-refractivity contribution is 0.415. The van der Waals surface area contributed by atoms with Crippen LogP contribution in [0.4, 0.5) is 11.4 Å². The van der Waals surface area contributed by atoms with Crippen molar-refractivity contribution in [1.29, 1.82) is 0 Å². The Kier molecular flexibility index (Phi) is 6.18. The second kappa shape index (κ2) is 9.20. The third-order valence-electron chi connectivity index (χ3n) is 5.31. The minimum absolute atomic E-state index is 0.0556. The number of hydrogen-bond acceptors (Lipinski definition) is 4. The van der Waals surface area contributed by atoms with Crippen molar-refractivity contribution < 1.29 is 9.84 Å². The van der Waals surface area contributed by atoms with E-state index in [9.17, 15) is 5.11 Å². The van der Waals surface area contributed by atoms with E-state index in [0.717, 1.165) is 22.2 Å². The summed E-state index contributed by atoms with van der Waals surface area (Å²) in [4.78, 5) is 0. The fourth-order valence-corrected chi connectivity index (χ4v) is 3.77. The number of para-hydroxylation sites is 1. The number of aromatic hydroxyl groups is 1. The monoisotopic (exact) mass is 444 g/mol. The average molecular weight is 445 g/mol. The Balaban J connectivity index is 1.65. The van der Waals surface area contributed by atoms with E-state index in [1.165, 1.54) is 11.1 Å². The molecule has 0 fully saturated rings. The van der Waals surface area contributed by atoms with E-state index in [1.54, 1.807) is 7.11 Å². The van der Waals surface area contributed by atoms with Crippen molar-refractivity contribution in [3.05, 3.63) is 83.4 Å². The molecular formula is C25H24N4O2S. The highest BCUT2D eigenvalue weighted by atomic mass is 32.1. The van der Waals surface area contributed by atoms with Gasteiger partial charge in [-0.3, -0.25) is 0 Å². The fraction of sp³-hybridized carbons (Fsp3) is 0.160. The first-order valence-electron chi connectivity index (χ1n) is 10.2. The predicted molar refractivity (Wildman–Crippen MR) is 132 cm³/mol. The SMILES string of the molecule is COc1cccc(NC(=S)N=Nc2c(O)n(Cc3cc(C)ccc3C)c3ccccc23)c1. The lowest BCUT2D eigenvalue weighted by atomic mass is 10.1. The van der Waals surface area contributed by atoms with Crippen LogP contribution in [0.1, 0.15) is 16.7 Å². The van der Waals surface area contributed by atoms with Gasteiger partial charge in [-0.1, -0.05) is 48.0 Å². The Hall–Kier alpha value is -3.71. The number of azo groups is 1. The number of ether oxygens (including phenoxy) is 1. The van der Waals surface area contributed by atoms with Gasteiger partial charge in [0.15, 0.2) is 5.69 Å². The smallest absolute Gasteiger partial charge is 0.221 e. The van der Waals surface area contributed by atoms with Crippen LogP contribution < -0.4 is 10.1 Å². The molecule has 1 aromatic heterocycles. The van der Waals surface area contributed by atoms with Crippen LogP contribution in [-0.2, 0) is 6.54 Å². The van der Waals surface area contributed by atoms with Gasteiger partial charge in [0.25, 0.3) is 0 Å². The van der Waals surface area contributed by atoms with Crippen molar-refractivity contribution in [2.24, 2.45) is 10.2 Å². The van der Waals surface area contributed by atoms with Gasteiger partial charge in [-0.2, -0.15) is 0 Å². The van der Waals surface area contributed by atoms with Crippen LogP contribution in [0.5, 0.6) is 11.6 Å². The molecule has 0 atom stereocenters. The number of benzene rings is 3. The van der Waals surface area contributed by atoms with Gasteiger partial charge in [0.05, 0.1) is 19.2 Å².